The number of aromatic nitrogens is 1. The molecular formula is C19H14BrFN2O2. The Bertz CT molecular complexity index is 952. The Morgan fingerprint density at radius 1 is 1.24 bits per heavy atom. The second-order valence-corrected chi connectivity index (χ2v) is 7.00. The molecule has 1 aliphatic heterocycles. The lowest BCUT2D eigenvalue weighted by atomic mass is 10.1. The maximum Gasteiger partial charge on any atom is 0.280 e. The molecular weight excluding hydrogens is 387 g/mol. The first kappa shape index (κ1) is 16.0. The van der Waals surface area contributed by atoms with E-state index in [1.807, 2.05) is 25.1 Å². The van der Waals surface area contributed by atoms with Gasteiger partial charge in [0.05, 0.1) is 0 Å². The van der Waals surface area contributed by atoms with E-state index in [1.54, 1.807) is 23.1 Å². The van der Waals surface area contributed by atoms with Crippen LogP contribution in [0.1, 0.15) is 23.0 Å². The van der Waals surface area contributed by atoms with Crippen LogP contribution in [-0.4, -0.2) is 17.1 Å². The van der Waals surface area contributed by atoms with Crippen LogP contribution >= 0.6 is 15.9 Å². The number of rotatable bonds is 2. The number of benzene rings is 2. The smallest absolute Gasteiger partial charge is 0.280 e. The van der Waals surface area contributed by atoms with Gasteiger partial charge in [-0.25, -0.2) is 4.39 Å². The van der Waals surface area contributed by atoms with Crippen LogP contribution in [0, 0.1) is 5.82 Å². The maximum absolute atomic E-state index is 13.0. The average molecular weight is 401 g/mol. The highest BCUT2D eigenvalue weighted by Gasteiger charge is 2.33. The third-order valence-corrected chi connectivity index (χ3v) is 4.83. The summed E-state index contributed by atoms with van der Waals surface area (Å²) in [4.78, 5) is 14.7. The molecule has 0 saturated heterocycles. The summed E-state index contributed by atoms with van der Waals surface area (Å²) in [6.07, 6.45) is 0.795. The molecule has 2 aromatic carbocycles. The van der Waals surface area contributed by atoms with Crippen LogP contribution in [0.25, 0.3) is 11.3 Å². The van der Waals surface area contributed by atoms with Crippen molar-refractivity contribution in [3.63, 3.8) is 0 Å². The summed E-state index contributed by atoms with van der Waals surface area (Å²) in [7, 11) is 0. The molecule has 0 saturated carbocycles. The fourth-order valence-electron chi connectivity index (χ4n) is 3.16. The van der Waals surface area contributed by atoms with Gasteiger partial charge in [0.15, 0.2) is 11.5 Å². The van der Waals surface area contributed by atoms with E-state index in [4.69, 9.17) is 4.52 Å². The molecule has 1 atom stereocenters. The molecule has 25 heavy (non-hydrogen) atoms. The molecule has 0 fully saturated rings. The van der Waals surface area contributed by atoms with Crippen molar-refractivity contribution >= 4 is 27.5 Å². The zero-order valence-corrected chi connectivity index (χ0v) is 15.0. The van der Waals surface area contributed by atoms with Crippen molar-refractivity contribution in [2.45, 2.75) is 19.4 Å². The van der Waals surface area contributed by atoms with Crippen LogP contribution in [0.5, 0.6) is 0 Å². The number of halogens is 2. The van der Waals surface area contributed by atoms with Crippen molar-refractivity contribution in [3.8, 4) is 11.3 Å². The number of anilines is 1. The summed E-state index contributed by atoms with van der Waals surface area (Å²) in [5, 5.41) is 3.92. The number of hydrogen-bond donors (Lipinski definition) is 0. The monoisotopic (exact) mass is 400 g/mol. The Morgan fingerprint density at radius 2 is 2.00 bits per heavy atom. The largest absolute Gasteiger partial charge is 0.355 e. The van der Waals surface area contributed by atoms with Gasteiger partial charge >= 0.3 is 0 Å². The second kappa shape index (κ2) is 6.11. The summed E-state index contributed by atoms with van der Waals surface area (Å²) in [5.41, 5.74) is 2.93. The average Bonchev–Trinajstić information content (AvgIpc) is 3.19. The van der Waals surface area contributed by atoms with Gasteiger partial charge in [-0.2, -0.15) is 0 Å². The summed E-state index contributed by atoms with van der Waals surface area (Å²) >= 11 is 3.46. The van der Waals surface area contributed by atoms with Gasteiger partial charge < -0.3 is 9.42 Å². The summed E-state index contributed by atoms with van der Waals surface area (Å²) in [6.45, 7) is 2.01. The van der Waals surface area contributed by atoms with Gasteiger partial charge in [-0.05, 0) is 61.4 Å². The van der Waals surface area contributed by atoms with Crippen LogP contribution in [0.2, 0.25) is 0 Å². The molecule has 1 amide bonds. The van der Waals surface area contributed by atoms with E-state index >= 15 is 0 Å². The molecule has 1 aliphatic rings. The molecule has 2 heterocycles. The van der Waals surface area contributed by atoms with E-state index < -0.39 is 0 Å². The molecule has 0 spiro atoms. The first-order valence-corrected chi connectivity index (χ1v) is 8.67. The van der Waals surface area contributed by atoms with Gasteiger partial charge in [0.2, 0.25) is 0 Å². The first-order valence-electron chi connectivity index (χ1n) is 7.87. The molecule has 3 aromatic rings. The molecule has 0 aliphatic carbocycles. The van der Waals surface area contributed by atoms with Crippen molar-refractivity contribution in [1.82, 2.24) is 5.16 Å². The number of hydrogen-bond acceptors (Lipinski definition) is 3. The van der Waals surface area contributed by atoms with Crippen molar-refractivity contribution in [3.05, 3.63) is 70.1 Å². The predicted octanol–water partition coefficient (Wildman–Crippen LogP) is 4.83. The van der Waals surface area contributed by atoms with Crippen molar-refractivity contribution in [1.29, 1.82) is 0 Å². The van der Waals surface area contributed by atoms with E-state index in [0.717, 1.165) is 22.1 Å². The highest BCUT2D eigenvalue weighted by molar-refractivity contribution is 9.10. The SMILES string of the molecule is C[C@@H]1Cc2cc(Br)ccc2N1C(=O)c1cc(-c2ccc(F)cc2)on1. The Kier molecular flexibility index (Phi) is 3.92. The molecule has 0 N–H and O–H groups in total. The predicted molar refractivity (Wildman–Crippen MR) is 96.0 cm³/mol. The molecule has 0 radical (unpaired) electrons. The fourth-order valence-corrected chi connectivity index (χ4v) is 3.57. The van der Waals surface area contributed by atoms with Crippen LogP contribution in [0.4, 0.5) is 10.1 Å². The number of fused-ring (bicyclic) bond motifs is 1. The molecule has 126 valence electrons. The first-order chi connectivity index (χ1) is 12.0. The van der Waals surface area contributed by atoms with E-state index in [0.29, 0.717) is 11.3 Å². The third kappa shape index (κ3) is 2.87. The summed E-state index contributed by atoms with van der Waals surface area (Å²) in [5.74, 6) is -0.0925. The zero-order chi connectivity index (χ0) is 17.6. The molecule has 4 nitrogen and oxygen atoms in total. The van der Waals surface area contributed by atoms with Gasteiger partial charge in [-0.3, -0.25) is 4.79 Å². The summed E-state index contributed by atoms with van der Waals surface area (Å²) < 4.78 is 19.3. The van der Waals surface area contributed by atoms with Gasteiger partial charge in [0, 0.05) is 27.8 Å². The number of carbonyl (C=O) groups is 1. The quantitative estimate of drug-likeness (QED) is 0.618. The maximum atomic E-state index is 13.0. The molecule has 0 unspecified atom stereocenters. The normalized spacial score (nSPS) is 16.1. The van der Waals surface area contributed by atoms with Crippen molar-refractivity contribution in [2.24, 2.45) is 0 Å². The van der Waals surface area contributed by atoms with Crippen LogP contribution in [0.15, 0.2) is 57.5 Å². The minimum absolute atomic E-state index is 0.0442. The highest BCUT2D eigenvalue weighted by Crippen LogP contribution is 2.35. The van der Waals surface area contributed by atoms with E-state index in [1.165, 1.54) is 12.1 Å². The highest BCUT2D eigenvalue weighted by atomic mass is 79.9. The minimum Gasteiger partial charge on any atom is -0.355 e. The summed E-state index contributed by atoms with van der Waals surface area (Å²) in [6, 6.07) is 13.4. The van der Waals surface area contributed by atoms with Crippen LogP contribution in [-0.2, 0) is 6.42 Å². The number of amides is 1. The van der Waals surface area contributed by atoms with E-state index in [2.05, 4.69) is 21.1 Å². The second-order valence-electron chi connectivity index (χ2n) is 6.08. The molecule has 6 heteroatoms. The van der Waals surface area contributed by atoms with Gasteiger partial charge in [-0.1, -0.05) is 21.1 Å². The minimum atomic E-state index is -0.326. The van der Waals surface area contributed by atoms with Gasteiger partial charge in [-0.15, -0.1) is 0 Å². The Balaban J connectivity index is 1.65. The van der Waals surface area contributed by atoms with Gasteiger partial charge in [0.1, 0.15) is 5.82 Å². The fraction of sp³-hybridized carbons (Fsp3) is 0.158. The zero-order valence-electron chi connectivity index (χ0n) is 13.4. The number of nitrogens with zero attached hydrogens (tertiary/aromatic N) is 2. The van der Waals surface area contributed by atoms with E-state index in [-0.39, 0.29) is 23.5 Å². The molecule has 0 bridgehead atoms. The van der Waals surface area contributed by atoms with Crippen LogP contribution < -0.4 is 4.90 Å². The topological polar surface area (TPSA) is 46.3 Å². The molecule has 1 aromatic heterocycles. The Labute approximate surface area is 152 Å². The third-order valence-electron chi connectivity index (χ3n) is 4.33. The number of carbonyl (C=O) groups excluding carboxylic acids is 1. The molecule has 4 rings (SSSR count). The van der Waals surface area contributed by atoms with Gasteiger partial charge in [0.25, 0.3) is 5.91 Å². The van der Waals surface area contributed by atoms with E-state index in [9.17, 15) is 9.18 Å². The lowest BCUT2D eigenvalue weighted by Crippen LogP contribution is -2.35. The Hall–Kier alpha value is -2.47. The lowest BCUT2D eigenvalue weighted by Gasteiger charge is -2.21. The van der Waals surface area contributed by atoms with Crippen molar-refractivity contribution < 1.29 is 13.7 Å². The standard InChI is InChI=1S/C19H14BrFN2O2/c1-11-8-13-9-14(20)4-7-17(13)23(11)19(24)16-10-18(25-22-16)12-2-5-15(21)6-3-12/h2-7,9-11H,8H2,1H3/t11-/m1/s1. The van der Waals surface area contributed by atoms with Crippen molar-refractivity contribution in [2.75, 3.05) is 4.90 Å². The van der Waals surface area contributed by atoms with Crippen LogP contribution in [0.3, 0.4) is 0 Å². The Morgan fingerprint density at radius 3 is 2.76 bits per heavy atom. The lowest BCUT2D eigenvalue weighted by molar-refractivity contribution is 0.0973.